The molecular weight excluding hydrogens is 339 g/mol. The van der Waals surface area contributed by atoms with Crippen molar-refractivity contribution in [2.75, 3.05) is 16.8 Å². The molecule has 7 heteroatoms. The van der Waals surface area contributed by atoms with Crippen molar-refractivity contribution in [2.45, 2.75) is 12.6 Å². The van der Waals surface area contributed by atoms with Crippen molar-refractivity contribution in [2.24, 2.45) is 5.92 Å². The standard InChI is InChI=1S/C13H11BrF3NO2/c14-6-11(19)8-4-12(20)18(7-8)10-3-1-2-9(5-10)13(15,16)17/h1-3,5,8H,4,6-7H2. The number of amides is 1. The number of ketones is 1. The number of benzene rings is 1. The van der Waals surface area contributed by atoms with Crippen LogP contribution in [0.1, 0.15) is 12.0 Å². The average molecular weight is 350 g/mol. The van der Waals surface area contributed by atoms with E-state index in [1.54, 1.807) is 0 Å². The molecule has 0 radical (unpaired) electrons. The predicted molar refractivity (Wildman–Crippen MR) is 70.7 cm³/mol. The van der Waals surface area contributed by atoms with Gasteiger partial charge in [-0.2, -0.15) is 13.2 Å². The Balaban J connectivity index is 2.24. The third-order valence-electron chi connectivity index (χ3n) is 3.20. The number of carbonyl (C=O) groups is 2. The highest BCUT2D eigenvalue weighted by atomic mass is 79.9. The maximum Gasteiger partial charge on any atom is 0.416 e. The molecule has 0 aliphatic carbocycles. The second-order valence-electron chi connectivity index (χ2n) is 4.55. The molecule has 2 rings (SSSR count). The molecule has 1 heterocycles. The Morgan fingerprint density at radius 1 is 1.40 bits per heavy atom. The van der Waals surface area contributed by atoms with E-state index in [1.807, 2.05) is 0 Å². The van der Waals surface area contributed by atoms with Crippen molar-refractivity contribution in [1.29, 1.82) is 0 Å². The van der Waals surface area contributed by atoms with Crippen molar-refractivity contribution >= 4 is 33.3 Å². The first kappa shape index (κ1) is 15.0. The lowest BCUT2D eigenvalue weighted by atomic mass is 10.1. The fraction of sp³-hybridized carbons (Fsp3) is 0.385. The van der Waals surface area contributed by atoms with Crippen molar-refractivity contribution in [3.05, 3.63) is 29.8 Å². The van der Waals surface area contributed by atoms with E-state index < -0.39 is 17.7 Å². The predicted octanol–water partition coefficient (Wildman–Crippen LogP) is 3.02. The number of carbonyl (C=O) groups excluding carboxylic acids is 2. The van der Waals surface area contributed by atoms with Crippen molar-refractivity contribution < 1.29 is 22.8 Å². The van der Waals surface area contributed by atoms with Gasteiger partial charge in [0.15, 0.2) is 0 Å². The fourth-order valence-corrected chi connectivity index (χ4v) is 2.59. The lowest BCUT2D eigenvalue weighted by molar-refractivity contribution is -0.137. The summed E-state index contributed by atoms with van der Waals surface area (Å²) in [4.78, 5) is 24.6. The molecule has 108 valence electrons. The summed E-state index contributed by atoms with van der Waals surface area (Å²) in [5.74, 6) is -0.909. The number of alkyl halides is 4. The van der Waals surface area contributed by atoms with E-state index in [0.717, 1.165) is 12.1 Å². The molecule has 0 bridgehead atoms. The fourth-order valence-electron chi connectivity index (χ4n) is 2.13. The van der Waals surface area contributed by atoms with Gasteiger partial charge in [-0.1, -0.05) is 22.0 Å². The maximum atomic E-state index is 12.6. The molecule has 1 aliphatic heterocycles. The normalized spacial score (nSPS) is 19.5. The molecular formula is C13H11BrF3NO2. The number of nitrogens with zero attached hydrogens (tertiary/aromatic N) is 1. The van der Waals surface area contributed by atoms with E-state index in [2.05, 4.69) is 15.9 Å². The summed E-state index contributed by atoms with van der Waals surface area (Å²) < 4.78 is 37.9. The van der Waals surface area contributed by atoms with Crippen LogP contribution in [0.25, 0.3) is 0 Å². The van der Waals surface area contributed by atoms with Gasteiger partial charge in [-0.15, -0.1) is 0 Å². The van der Waals surface area contributed by atoms with Crippen LogP contribution < -0.4 is 4.90 Å². The minimum atomic E-state index is -4.45. The van der Waals surface area contributed by atoms with E-state index in [-0.39, 0.29) is 35.7 Å². The van der Waals surface area contributed by atoms with Gasteiger partial charge in [0.05, 0.1) is 10.9 Å². The Kier molecular flexibility index (Phi) is 4.17. The van der Waals surface area contributed by atoms with Crippen molar-refractivity contribution in [3.63, 3.8) is 0 Å². The summed E-state index contributed by atoms with van der Waals surface area (Å²) in [6.07, 6.45) is -4.41. The third-order valence-corrected chi connectivity index (χ3v) is 3.75. The zero-order valence-electron chi connectivity index (χ0n) is 10.3. The lowest BCUT2D eigenvalue weighted by Gasteiger charge is -2.18. The van der Waals surface area contributed by atoms with Crippen molar-refractivity contribution in [3.8, 4) is 0 Å². The van der Waals surface area contributed by atoms with Crippen LogP contribution in [-0.2, 0) is 15.8 Å². The lowest BCUT2D eigenvalue weighted by Crippen LogP contribution is -2.26. The molecule has 1 aliphatic rings. The summed E-state index contributed by atoms with van der Waals surface area (Å²) in [7, 11) is 0. The third kappa shape index (κ3) is 3.03. The number of rotatable bonds is 3. The van der Waals surface area contributed by atoms with Gasteiger partial charge in [0, 0.05) is 24.6 Å². The molecule has 1 unspecified atom stereocenters. The van der Waals surface area contributed by atoms with Gasteiger partial charge >= 0.3 is 6.18 Å². The Labute approximate surface area is 121 Å². The summed E-state index contributed by atoms with van der Waals surface area (Å²) >= 11 is 3.03. The number of Topliss-reactive ketones (excluding diaryl/α,β-unsaturated/α-hetero) is 1. The first-order valence-electron chi connectivity index (χ1n) is 5.89. The SMILES string of the molecule is O=C(CBr)C1CC(=O)N(c2cccc(C(F)(F)F)c2)C1. The van der Waals surface area contributed by atoms with Crippen LogP contribution in [0.3, 0.4) is 0 Å². The molecule has 20 heavy (non-hydrogen) atoms. The van der Waals surface area contributed by atoms with E-state index in [4.69, 9.17) is 0 Å². The van der Waals surface area contributed by atoms with E-state index in [9.17, 15) is 22.8 Å². The minimum absolute atomic E-state index is 0.0423. The topological polar surface area (TPSA) is 37.4 Å². The molecule has 1 atom stereocenters. The molecule has 0 spiro atoms. The van der Waals surface area contributed by atoms with Crippen LogP contribution >= 0.6 is 15.9 Å². The van der Waals surface area contributed by atoms with E-state index in [0.29, 0.717) is 0 Å². The van der Waals surface area contributed by atoms with Gasteiger partial charge in [-0.05, 0) is 18.2 Å². The highest BCUT2D eigenvalue weighted by molar-refractivity contribution is 9.09. The first-order valence-corrected chi connectivity index (χ1v) is 7.01. The van der Waals surface area contributed by atoms with Crippen LogP contribution in [0.5, 0.6) is 0 Å². The number of halogens is 4. The van der Waals surface area contributed by atoms with Crippen LogP contribution in [0.4, 0.5) is 18.9 Å². The Morgan fingerprint density at radius 3 is 2.70 bits per heavy atom. The van der Waals surface area contributed by atoms with Gasteiger partial charge < -0.3 is 4.90 Å². The van der Waals surface area contributed by atoms with Gasteiger partial charge in [-0.25, -0.2) is 0 Å². The van der Waals surface area contributed by atoms with Crippen LogP contribution in [0.2, 0.25) is 0 Å². The summed E-state index contributed by atoms with van der Waals surface area (Å²) in [6.45, 7) is 0.130. The summed E-state index contributed by atoms with van der Waals surface area (Å²) in [5, 5.41) is 0.140. The monoisotopic (exact) mass is 349 g/mol. The largest absolute Gasteiger partial charge is 0.416 e. The molecule has 1 amide bonds. The van der Waals surface area contributed by atoms with E-state index in [1.165, 1.54) is 17.0 Å². The number of hydrogen-bond donors (Lipinski definition) is 0. The summed E-state index contributed by atoms with van der Waals surface area (Å²) in [5.41, 5.74) is -0.632. The summed E-state index contributed by atoms with van der Waals surface area (Å²) in [6, 6.07) is 4.57. The highest BCUT2D eigenvalue weighted by Crippen LogP contribution is 2.33. The van der Waals surface area contributed by atoms with Gasteiger partial charge in [0.2, 0.25) is 5.91 Å². The van der Waals surface area contributed by atoms with Crippen LogP contribution in [0.15, 0.2) is 24.3 Å². The van der Waals surface area contributed by atoms with Gasteiger partial charge in [0.25, 0.3) is 0 Å². The number of anilines is 1. The van der Waals surface area contributed by atoms with Crippen LogP contribution in [-0.4, -0.2) is 23.6 Å². The first-order chi connectivity index (χ1) is 9.32. The number of hydrogen-bond acceptors (Lipinski definition) is 2. The Bertz CT molecular complexity index is 545. The molecule has 1 fully saturated rings. The average Bonchev–Trinajstić information content (AvgIpc) is 2.79. The molecule has 1 aromatic rings. The van der Waals surface area contributed by atoms with Gasteiger partial charge in [0.1, 0.15) is 5.78 Å². The Morgan fingerprint density at radius 2 is 2.10 bits per heavy atom. The molecule has 1 aromatic carbocycles. The van der Waals surface area contributed by atoms with Crippen molar-refractivity contribution in [1.82, 2.24) is 0 Å². The quantitative estimate of drug-likeness (QED) is 0.786. The zero-order valence-corrected chi connectivity index (χ0v) is 11.9. The van der Waals surface area contributed by atoms with Gasteiger partial charge in [-0.3, -0.25) is 9.59 Å². The van der Waals surface area contributed by atoms with E-state index >= 15 is 0 Å². The van der Waals surface area contributed by atoms with Crippen LogP contribution in [0, 0.1) is 5.92 Å². The second kappa shape index (κ2) is 5.55. The molecule has 3 nitrogen and oxygen atoms in total. The second-order valence-corrected chi connectivity index (χ2v) is 5.11. The molecule has 1 saturated heterocycles. The molecule has 0 N–H and O–H groups in total. The maximum absolute atomic E-state index is 12.6. The Hall–Kier alpha value is -1.37. The highest BCUT2D eigenvalue weighted by Gasteiger charge is 2.36. The minimum Gasteiger partial charge on any atom is -0.312 e. The smallest absolute Gasteiger partial charge is 0.312 e. The zero-order chi connectivity index (χ0) is 14.9. The molecule has 0 aromatic heterocycles. The molecule has 0 saturated carbocycles.